The van der Waals surface area contributed by atoms with E-state index in [1.165, 1.54) is 18.2 Å². The van der Waals surface area contributed by atoms with Gasteiger partial charge in [-0.3, -0.25) is 20.2 Å². The lowest BCUT2D eigenvalue weighted by Crippen LogP contribution is -2.36. The van der Waals surface area contributed by atoms with Crippen LogP contribution in [0.2, 0.25) is 30.1 Å². The average molecular weight is 1140 g/mol. The monoisotopic (exact) mass is 1140 g/mol. The molecule has 2 amide bonds. The first kappa shape index (κ1) is 56.3. The summed E-state index contributed by atoms with van der Waals surface area (Å²) in [5, 5.41) is 32.8. The number of rotatable bonds is 12. The van der Waals surface area contributed by atoms with Gasteiger partial charge in [-0.1, -0.05) is 93.9 Å². The fourth-order valence-electron chi connectivity index (χ4n) is 6.67. The van der Waals surface area contributed by atoms with Crippen LogP contribution in [0.15, 0.2) is 181 Å². The summed E-state index contributed by atoms with van der Waals surface area (Å²) in [6.45, 7) is 0.423. The van der Waals surface area contributed by atoms with Crippen LogP contribution in [0.3, 0.4) is 0 Å². The summed E-state index contributed by atoms with van der Waals surface area (Å²) in [5.41, 5.74) is 3.58. The maximum Gasteiger partial charge on any atom is 0.258 e. The number of amides is 2. The van der Waals surface area contributed by atoms with Gasteiger partial charge in [0.05, 0.1) is 62.4 Å². The van der Waals surface area contributed by atoms with Crippen molar-refractivity contribution in [3.05, 3.63) is 234 Å². The van der Waals surface area contributed by atoms with E-state index in [4.69, 9.17) is 74.6 Å². The van der Waals surface area contributed by atoms with Crippen LogP contribution < -0.4 is 21.3 Å². The molecule has 74 heavy (non-hydrogen) atoms. The molecule has 0 fully saturated rings. The third-order valence-electron chi connectivity index (χ3n) is 10.1. The fraction of sp³-hybridized carbons (Fsp3) is 0.0769. The van der Waals surface area contributed by atoms with Crippen molar-refractivity contribution in [1.82, 2.24) is 29.7 Å². The summed E-state index contributed by atoms with van der Waals surface area (Å²) >= 11 is 37.3. The molecule has 0 saturated heterocycles. The van der Waals surface area contributed by atoms with E-state index >= 15 is 0 Å². The summed E-state index contributed by atoms with van der Waals surface area (Å²) < 4.78 is 12.9. The van der Waals surface area contributed by atoms with Gasteiger partial charge in [0.1, 0.15) is 0 Å². The van der Waals surface area contributed by atoms with Gasteiger partial charge < -0.3 is 19.8 Å². The van der Waals surface area contributed by atoms with Crippen LogP contribution in [0.5, 0.6) is 0 Å². The SMILES string of the molecule is N#Cc1cccc(C(=O)NC(=N[C@H](Cn2ccnc2)c2ccc(Cl)cc2Cl)Nc2ccc(Cl)cc2)c1.S.S.[2H][C@](Cn1ccnc1)(N=C(NC(=O)c1cccc(C#N)c1)Nc1ccc(Cl)cc1)c1ccc(Cl)cc1Cl. The van der Waals surface area contributed by atoms with Gasteiger partial charge in [0, 0.05) is 77.4 Å². The van der Waals surface area contributed by atoms with Gasteiger partial charge in [-0.05, 0) is 120 Å². The number of hydrogen-bond acceptors (Lipinski definition) is 8. The Bertz CT molecular complexity index is 3380. The average Bonchev–Trinajstić information content (AvgIpc) is 4.10. The first-order chi connectivity index (χ1) is 35.2. The van der Waals surface area contributed by atoms with Crippen molar-refractivity contribution in [2.75, 3.05) is 10.6 Å². The highest BCUT2D eigenvalue weighted by atomic mass is 35.5. The standard InChI is InChI=1S/2C26H19Cl3N6O.2H2S/c2*27-19-4-7-21(8-5-19)32-26(34-25(36)18-3-1-2-17(12-18)14-30)33-24(15-35-11-10-31-16-35)22-9-6-20(28)13-23(22)29;;/h2*1-13,16,24H,15H2,(H2,32,33,34,36);2*1H2/t2*24-;;/m11../s1/i24D;;;. The molecule has 22 heteroatoms. The minimum Gasteiger partial charge on any atom is -0.335 e. The largest absolute Gasteiger partial charge is 0.335 e. The Morgan fingerprint density at radius 1 is 0.568 bits per heavy atom. The Morgan fingerprint density at radius 3 is 1.43 bits per heavy atom. The molecule has 8 aromatic rings. The van der Waals surface area contributed by atoms with Gasteiger partial charge in [-0.2, -0.15) is 37.5 Å². The molecule has 376 valence electrons. The van der Waals surface area contributed by atoms with Crippen LogP contribution >= 0.6 is 96.6 Å². The summed E-state index contributed by atoms with van der Waals surface area (Å²) in [6, 6.07) is 38.2. The number of nitrogens with zero attached hydrogens (tertiary/aromatic N) is 8. The topological polar surface area (TPSA) is 190 Å². The molecule has 0 aliphatic rings. The van der Waals surface area contributed by atoms with E-state index in [0.717, 1.165) is 0 Å². The lowest BCUT2D eigenvalue weighted by Gasteiger charge is -2.19. The first-order valence-electron chi connectivity index (χ1n) is 21.8. The maximum absolute atomic E-state index is 13.1. The summed E-state index contributed by atoms with van der Waals surface area (Å²) in [6.07, 6.45) is 9.99. The highest BCUT2D eigenvalue weighted by Crippen LogP contribution is 2.32. The number of benzene rings is 6. The smallest absolute Gasteiger partial charge is 0.258 e. The molecule has 2 heterocycles. The molecule has 0 spiro atoms. The second kappa shape index (κ2) is 28.5. The molecule has 0 saturated carbocycles. The number of aliphatic imine (C=N–C) groups is 2. The number of aromatic nitrogens is 4. The molecule has 0 aliphatic carbocycles. The van der Waals surface area contributed by atoms with Crippen molar-refractivity contribution < 1.29 is 11.0 Å². The van der Waals surface area contributed by atoms with Crippen LogP contribution in [-0.2, 0) is 13.1 Å². The third kappa shape index (κ3) is 17.1. The van der Waals surface area contributed by atoms with Gasteiger partial charge >= 0.3 is 0 Å². The summed E-state index contributed by atoms with van der Waals surface area (Å²) in [5.74, 6) is -0.794. The lowest BCUT2D eigenvalue weighted by molar-refractivity contribution is 0.0968. The summed E-state index contributed by atoms with van der Waals surface area (Å²) in [4.78, 5) is 43.9. The van der Waals surface area contributed by atoms with Crippen molar-refractivity contribution in [1.29, 1.82) is 10.5 Å². The highest BCUT2D eigenvalue weighted by molar-refractivity contribution is 7.59. The third-order valence-corrected chi connectivity index (χ3v) is 11.7. The number of imidazole rings is 2. The molecule has 4 N–H and O–H groups in total. The van der Waals surface area contributed by atoms with Crippen molar-refractivity contribution in [2.24, 2.45) is 9.98 Å². The van der Waals surface area contributed by atoms with Gasteiger partial charge in [-0.15, -0.1) is 0 Å². The number of nitriles is 2. The van der Waals surface area contributed by atoms with E-state index in [-0.39, 0.29) is 56.0 Å². The number of anilines is 2. The van der Waals surface area contributed by atoms with Gasteiger partial charge in [0.15, 0.2) is 0 Å². The number of hydrogen-bond donors (Lipinski definition) is 4. The molecule has 0 aliphatic heterocycles. The van der Waals surface area contributed by atoms with Crippen LogP contribution in [0.25, 0.3) is 0 Å². The van der Waals surface area contributed by atoms with E-state index in [2.05, 4.69) is 36.2 Å². The summed E-state index contributed by atoms with van der Waals surface area (Å²) in [7, 11) is 0. The number of halogens is 6. The van der Waals surface area contributed by atoms with E-state index < -0.39 is 23.9 Å². The van der Waals surface area contributed by atoms with E-state index in [9.17, 15) is 21.5 Å². The molecule has 0 bridgehead atoms. The molecule has 8 rings (SSSR count). The zero-order chi connectivity index (χ0) is 51.9. The Kier molecular flexibility index (Phi) is 21.7. The number of carbonyl (C=O) groups is 2. The second-order valence-corrected chi connectivity index (χ2v) is 17.8. The highest BCUT2D eigenvalue weighted by Gasteiger charge is 2.21. The number of carbonyl (C=O) groups excluding carboxylic acids is 2. The molecular weight excluding hydrogens is 1100 g/mol. The van der Waals surface area contributed by atoms with Crippen LogP contribution in [0.4, 0.5) is 11.4 Å². The van der Waals surface area contributed by atoms with E-state index in [0.29, 0.717) is 70.8 Å². The predicted octanol–water partition coefficient (Wildman–Crippen LogP) is 12.9. The van der Waals surface area contributed by atoms with Crippen molar-refractivity contribution in [2.45, 2.75) is 25.1 Å². The molecule has 2 aromatic heterocycles. The Labute approximate surface area is 471 Å². The second-order valence-electron chi connectivity index (χ2n) is 15.2. The van der Waals surface area contributed by atoms with Crippen molar-refractivity contribution in [3.8, 4) is 12.1 Å². The van der Waals surface area contributed by atoms with E-state index in [1.54, 1.807) is 151 Å². The Morgan fingerprint density at radius 2 is 1.00 bits per heavy atom. The maximum atomic E-state index is 13.1. The van der Waals surface area contributed by atoms with Gasteiger partial charge in [0.25, 0.3) is 11.8 Å². The molecule has 2 atom stereocenters. The molecule has 0 radical (unpaired) electrons. The van der Waals surface area contributed by atoms with Crippen LogP contribution in [0.1, 0.15) is 56.4 Å². The zero-order valence-corrected chi connectivity index (χ0v) is 44.9. The quantitative estimate of drug-likeness (QED) is 0.0686. The van der Waals surface area contributed by atoms with Crippen molar-refractivity contribution >= 4 is 132 Å². The zero-order valence-electron chi connectivity index (χ0n) is 39.3. The van der Waals surface area contributed by atoms with Crippen LogP contribution in [-0.4, -0.2) is 42.8 Å². The molecule has 14 nitrogen and oxygen atoms in total. The van der Waals surface area contributed by atoms with Gasteiger partial charge in [-0.25, -0.2) is 20.0 Å². The Hall–Kier alpha value is -6.96. The van der Waals surface area contributed by atoms with Crippen molar-refractivity contribution in [3.63, 3.8) is 0 Å². The molecule has 0 unspecified atom stereocenters. The Balaban J connectivity index is 0.000000270. The fourth-order valence-corrected chi connectivity index (χ4v) is 7.97. The molecule has 6 aromatic carbocycles. The van der Waals surface area contributed by atoms with Gasteiger partial charge in [0.2, 0.25) is 11.9 Å². The first-order valence-corrected chi connectivity index (χ1v) is 23.6. The predicted molar refractivity (Wildman–Crippen MR) is 306 cm³/mol. The minimum atomic E-state index is -1.71. The number of nitrogens with one attached hydrogen (secondary N) is 4. The van der Waals surface area contributed by atoms with E-state index in [1.807, 2.05) is 22.9 Å². The number of guanidine groups is 2. The lowest BCUT2D eigenvalue weighted by atomic mass is 10.1. The van der Waals surface area contributed by atoms with Crippen LogP contribution in [0, 0.1) is 22.7 Å². The molecular formula is C52H42Cl6N12O2S2. The normalized spacial score (nSPS) is 12.3. The minimum absolute atomic E-state index is 0.